The number of halogens is 2. The number of carbonyl (C=O) groups excluding carboxylic acids is 1. The lowest BCUT2D eigenvalue weighted by molar-refractivity contribution is 0.0977. The van der Waals surface area contributed by atoms with Crippen LogP contribution in [0.5, 0.6) is 23.1 Å². The van der Waals surface area contributed by atoms with Gasteiger partial charge in [-0.3, -0.25) is 10.1 Å². The van der Waals surface area contributed by atoms with Crippen LogP contribution >= 0.6 is 35.4 Å². The summed E-state index contributed by atoms with van der Waals surface area (Å²) in [7, 11) is 3.09. The van der Waals surface area contributed by atoms with Gasteiger partial charge in [0.15, 0.2) is 16.6 Å². The highest BCUT2D eigenvalue weighted by Gasteiger charge is 2.14. The Labute approximate surface area is 222 Å². The van der Waals surface area contributed by atoms with E-state index in [1.54, 1.807) is 68.8 Å². The number of alkyl halides is 1. The first-order valence-corrected chi connectivity index (χ1v) is 11.8. The van der Waals surface area contributed by atoms with Crippen molar-refractivity contribution < 1.29 is 19.0 Å². The van der Waals surface area contributed by atoms with Crippen LogP contribution in [0.2, 0.25) is 5.02 Å². The third kappa shape index (κ3) is 5.76. The maximum Gasteiger partial charge on any atom is 0.257 e. The average Bonchev–Trinajstić information content (AvgIpc) is 2.89. The molecule has 2 N–H and O–H groups in total. The van der Waals surface area contributed by atoms with Crippen molar-refractivity contribution in [2.45, 2.75) is 5.88 Å². The fourth-order valence-electron chi connectivity index (χ4n) is 3.29. The molecule has 1 heterocycles. The molecule has 0 bridgehead atoms. The van der Waals surface area contributed by atoms with Gasteiger partial charge in [-0.1, -0.05) is 23.7 Å². The second-order valence-electron chi connectivity index (χ2n) is 7.39. The number of nitrogens with one attached hydrogen (secondary N) is 2. The smallest absolute Gasteiger partial charge is 0.257 e. The number of hydrogen-bond acceptors (Lipinski definition) is 7. The summed E-state index contributed by atoms with van der Waals surface area (Å²) in [5, 5.41) is 6.61. The molecule has 4 rings (SSSR count). The Kier molecular flexibility index (Phi) is 8.04. The van der Waals surface area contributed by atoms with Crippen LogP contribution in [0.15, 0.2) is 60.9 Å². The molecule has 0 atom stereocenters. The first-order valence-electron chi connectivity index (χ1n) is 10.5. The highest BCUT2D eigenvalue weighted by Crippen LogP contribution is 2.37. The van der Waals surface area contributed by atoms with Gasteiger partial charge in [0.1, 0.15) is 12.1 Å². The molecule has 36 heavy (non-hydrogen) atoms. The molecule has 0 aliphatic rings. The quantitative estimate of drug-likeness (QED) is 0.218. The van der Waals surface area contributed by atoms with E-state index in [4.69, 9.17) is 49.6 Å². The molecule has 1 amide bonds. The lowest BCUT2D eigenvalue weighted by Crippen LogP contribution is -2.34. The molecule has 0 spiro atoms. The molecule has 0 saturated heterocycles. The van der Waals surface area contributed by atoms with Crippen LogP contribution in [0.3, 0.4) is 0 Å². The second kappa shape index (κ2) is 11.4. The van der Waals surface area contributed by atoms with E-state index in [1.807, 2.05) is 0 Å². The van der Waals surface area contributed by atoms with E-state index in [1.165, 1.54) is 6.33 Å². The molecule has 8 nitrogen and oxygen atoms in total. The second-order valence-corrected chi connectivity index (χ2v) is 8.47. The maximum absolute atomic E-state index is 12.4. The number of carbonyl (C=O) groups is 1. The van der Waals surface area contributed by atoms with Crippen molar-refractivity contribution in [1.29, 1.82) is 0 Å². The van der Waals surface area contributed by atoms with E-state index in [0.29, 0.717) is 56.2 Å². The largest absolute Gasteiger partial charge is 0.493 e. The molecule has 1 aromatic heterocycles. The van der Waals surface area contributed by atoms with Gasteiger partial charge in [-0.25, -0.2) is 9.97 Å². The Balaban J connectivity index is 1.47. The van der Waals surface area contributed by atoms with Gasteiger partial charge in [0.2, 0.25) is 5.88 Å². The normalized spacial score (nSPS) is 10.6. The molecule has 11 heteroatoms. The van der Waals surface area contributed by atoms with E-state index < -0.39 is 0 Å². The molecular formula is C25H20Cl2N4O4S. The zero-order chi connectivity index (χ0) is 25.7. The summed E-state index contributed by atoms with van der Waals surface area (Å²) >= 11 is 17.5. The Morgan fingerprint density at radius 2 is 1.69 bits per heavy atom. The number of ether oxygens (including phenoxy) is 3. The van der Waals surface area contributed by atoms with Crippen LogP contribution in [0, 0.1) is 0 Å². The van der Waals surface area contributed by atoms with Gasteiger partial charge in [-0.05, 0) is 54.2 Å². The standard InChI is InChI=1S/C25H20Cl2N4O4S/c1-33-21-10-17-19(11-22(21)34-2)28-13-29-24(17)35-20-8-7-16(9-18(20)27)30-25(36)31-23(32)15-5-3-14(12-26)4-6-15/h3-11,13H,12H2,1-2H3,(H2,30,31,32,36). The van der Waals surface area contributed by atoms with Crippen molar-refractivity contribution in [1.82, 2.24) is 15.3 Å². The number of aromatic nitrogens is 2. The number of anilines is 1. The third-order valence-corrected chi connectivity index (χ3v) is 5.91. The van der Waals surface area contributed by atoms with Crippen molar-refractivity contribution in [3.63, 3.8) is 0 Å². The van der Waals surface area contributed by atoms with E-state index in [9.17, 15) is 4.79 Å². The summed E-state index contributed by atoms with van der Waals surface area (Å²) in [5.41, 5.74) is 2.56. The predicted molar refractivity (Wildman–Crippen MR) is 144 cm³/mol. The number of amides is 1. The number of rotatable bonds is 7. The van der Waals surface area contributed by atoms with Gasteiger partial charge >= 0.3 is 0 Å². The summed E-state index contributed by atoms with van der Waals surface area (Å²) in [6.07, 6.45) is 1.39. The van der Waals surface area contributed by atoms with Crippen LogP contribution in [0.25, 0.3) is 10.9 Å². The van der Waals surface area contributed by atoms with Crippen molar-refractivity contribution in [2.24, 2.45) is 0 Å². The monoisotopic (exact) mass is 542 g/mol. The Bertz CT molecular complexity index is 1430. The number of hydrogen-bond donors (Lipinski definition) is 2. The lowest BCUT2D eigenvalue weighted by atomic mass is 10.1. The van der Waals surface area contributed by atoms with Gasteiger partial charge in [-0.15, -0.1) is 11.6 Å². The maximum atomic E-state index is 12.4. The number of nitrogens with zero attached hydrogens (tertiary/aromatic N) is 2. The third-order valence-electron chi connectivity index (χ3n) is 5.10. The first-order chi connectivity index (χ1) is 17.4. The minimum atomic E-state index is -0.345. The van der Waals surface area contributed by atoms with Crippen molar-refractivity contribution in [3.8, 4) is 23.1 Å². The topological polar surface area (TPSA) is 94.6 Å². The number of benzene rings is 3. The van der Waals surface area contributed by atoms with Crippen LogP contribution in [-0.4, -0.2) is 35.2 Å². The van der Waals surface area contributed by atoms with E-state index in [2.05, 4.69) is 20.6 Å². The van der Waals surface area contributed by atoms with Crippen LogP contribution < -0.4 is 24.8 Å². The van der Waals surface area contributed by atoms with Gasteiger partial charge in [0.25, 0.3) is 5.91 Å². The number of methoxy groups -OCH3 is 2. The Morgan fingerprint density at radius 3 is 2.36 bits per heavy atom. The lowest BCUT2D eigenvalue weighted by Gasteiger charge is -2.13. The van der Waals surface area contributed by atoms with Gasteiger partial charge in [0.05, 0.1) is 30.1 Å². The first kappa shape index (κ1) is 25.4. The zero-order valence-corrected chi connectivity index (χ0v) is 21.5. The van der Waals surface area contributed by atoms with E-state index in [-0.39, 0.29) is 11.0 Å². The number of fused-ring (bicyclic) bond motifs is 1. The van der Waals surface area contributed by atoms with Crippen LogP contribution in [0.1, 0.15) is 15.9 Å². The number of thiocarbonyl (C=S) groups is 1. The molecule has 3 aromatic carbocycles. The summed E-state index contributed by atoms with van der Waals surface area (Å²) in [5.74, 6) is 1.75. The summed E-state index contributed by atoms with van der Waals surface area (Å²) in [6.45, 7) is 0. The van der Waals surface area contributed by atoms with Crippen molar-refractivity contribution >= 4 is 63.0 Å². The SMILES string of the molecule is COc1cc2ncnc(Oc3ccc(NC(=S)NC(=O)c4ccc(CCl)cc4)cc3Cl)c2cc1OC. The van der Waals surface area contributed by atoms with Gasteiger partial charge in [0, 0.05) is 23.2 Å². The zero-order valence-electron chi connectivity index (χ0n) is 19.2. The van der Waals surface area contributed by atoms with Crippen molar-refractivity contribution in [2.75, 3.05) is 19.5 Å². The molecule has 4 aromatic rings. The summed E-state index contributed by atoms with van der Waals surface area (Å²) in [4.78, 5) is 20.9. The van der Waals surface area contributed by atoms with Crippen molar-refractivity contribution in [3.05, 3.63) is 77.1 Å². The van der Waals surface area contributed by atoms with Gasteiger partial charge < -0.3 is 19.5 Å². The Morgan fingerprint density at radius 1 is 0.972 bits per heavy atom. The summed E-state index contributed by atoms with van der Waals surface area (Å²) < 4.78 is 16.7. The predicted octanol–water partition coefficient (Wildman–Crippen LogP) is 5.96. The molecule has 0 aliphatic heterocycles. The fraction of sp³-hybridized carbons (Fsp3) is 0.120. The molecule has 184 valence electrons. The molecule has 0 fully saturated rings. The van der Waals surface area contributed by atoms with E-state index >= 15 is 0 Å². The Hall–Kier alpha value is -3.66. The highest BCUT2D eigenvalue weighted by molar-refractivity contribution is 7.80. The molecule has 0 radical (unpaired) electrons. The minimum Gasteiger partial charge on any atom is -0.493 e. The highest BCUT2D eigenvalue weighted by atomic mass is 35.5. The molecular weight excluding hydrogens is 523 g/mol. The fourth-order valence-corrected chi connectivity index (χ4v) is 3.90. The molecule has 0 unspecified atom stereocenters. The summed E-state index contributed by atoms with van der Waals surface area (Å²) in [6, 6.07) is 15.4. The average molecular weight is 543 g/mol. The van der Waals surface area contributed by atoms with E-state index in [0.717, 1.165) is 5.56 Å². The van der Waals surface area contributed by atoms with Crippen LogP contribution in [0.4, 0.5) is 5.69 Å². The molecule has 0 saturated carbocycles. The van der Waals surface area contributed by atoms with Crippen LogP contribution in [-0.2, 0) is 5.88 Å². The minimum absolute atomic E-state index is 0.119. The van der Waals surface area contributed by atoms with Gasteiger partial charge in [-0.2, -0.15) is 0 Å². The molecule has 0 aliphatic carbocycles.